The number of sulfonamides is 1. The van der Waals surface area contributed by atoms with E-state index >= 15 is 0 Å². The minimum Gasteiger partial charge on any atom is -0.396 e. The van der Waals surface area contributed by atoms with Crippen LogP contribution < -0.4 is 5.32 Å². The summed E-state index contributed by atoms with van der Waals surface area (Å²) in [6, 6.07) is 0.115. The molecule has 2 rings (SSSR count). The van der Waals surface area contributed by atoms with E-state index < -0.39 is 10.0 Å². The highest BCUT2D eigenvalue weighted by Crippen LogP contribution is 2.28. The van der Waals surface area contributed by atoms with Crippen LogP contribution in [0.4, 0.5) is 0 Å². The van der Waals surface area contributed by atoms with E-state index in [4.69, 9.17) is 5.11 Å². The largest absolute Gasteiger partial charge is 0.396 e. The molecule has 2 aliphatic heterocycles. The Hall–Kier alpha value is -0.170. The summed E-state index contributed by atoms with van der Waals surface area (Å²) in [5.41, 5.74) is 0. The summed E-state index contributed by atoms with van der Waals surface area (Å²) < 4.78 is 26.9. The van der Waals surface area contributed by atoms with Gasteiger partial charge in [-0.3, -0.25) is 0 Å². The molecular formula is C12H24N2O3S. The van der Waals surface area contributed by atoms with Gasteiger partial charge in [-0.25, -0.2) is 8.42 Å². The van der Waals surface area contributed by atoms with Crippen molar-refractivity contribution in [2.45, 2.75) is 49.8 Å². The Morgan fingerprint density at radius 2 is 2.11 bits per heavy atom. The third-order valence-electron chi connectivity index (χ3n) is 4.02. The number of aliphatic hydroxyl groups excluding tert-OH is 1. The molecule has 2 saturated heterocycles. The van der Waals surface area contributed by atoms with Crippen LogP contribution in [0.15, 0.2) is 0 Å². The Kier molecular flexibility index (Phi) is 5.00. The van der Waals surface area contributed by atoms with Gasteiger partial charge in [-0.05, 0) is 45.1 Å². The Morgan fingerprint density at radius 1 is 1.28 bits per heavy atom. The molecule has 0 aromatic carbocycles. The zero-order chi connectivity index (χ0) is 13.0. The normalized spacial score (nSPS) is 30.7. The zero-order valence-corrected chi connectivity index (χ0v) is 11.7. The lowest BCUT2D eigenvalue weighted by molar-refractivity contribution is 0.263. The highest BCUT2D eigenvalue weighted by Gasteiger charge is 2.39. The molecule has 0 aromatic heterocycles. The van der Waals surface area contributed by atoms with E-state index in [1.807, 2.05) is 0 Å². The minimum absolute atomic E-state index is 0.115. The van der Waals surface area contributed by atoms with Crippen molar-refractivity contribution in [1.29, 1.82) is 0 Å². The lowest BCUT2D eigenvalue weighted by Gasteiger charge is -2.31. The molecule has 0 radical (unpaired) electrons. The van der Waals surface area contributed by atoms with Crippen LogP contribution in [-0.4, -0.2) is 55.4 Å². The number of hydrogen-bond acceptors (Lipinski definition) is 4. The summed E-state index contributed by atoms with van der Waals surface area (Å²) in [7, 11) is -3.15. The average molecular weight is 276 g/mol. The standard InChI is InChI=1S/C12H24N2O3S/c15-9-3-5-11-4-2-8-14(11)18(16,17)12-6-1-7-13-10-12/h11-13,15H,1-10H2. The fourth-order valence-electron chi connectivity index (χ4n) is 3.03. The van der Waals surface area contributed by atoms with Crippen LogP contribution in [0.5, 0.6) is 0 Å². The molecule has 2 unspecified atom stereocenters. The van der Waals surface area contributed by atoms with Gasteiger partial charge in [0.1, 0.15) is 0 Å². The third-order valence-corrected chi connectivity index (χ3v) is 6.40. The second-order valence-corrected chi connectivity index (χ2v) is 7.45. The highest BCUT2D eigenvalue weighted by atomic mass is 32.2. The van der Waals surface area contributed by atoms with E-state index in [1.54, 1.807) is 4.31 Å². The monoisotopic (exact) mass is 276 g/mol. The zero-order valence-electron chi connectivity index (χ0n) is 10.8. The number of rotatable bonds is 5. The maximum Gasteiger partial charge on any atom is 0.218 e. The molecule has 0 saturated carbocycles. The molecule has 2 N–H and O–H groups in total. The van der Waals surface area contributed by atoms with Gasteiger partial charge in [0.15, 0.2) is 0 Å². The fraction of sp³-hybridized carbons (Fsp3) is 1.00. The van der Waals surface area contributed by atoms with E-state index in [0.717, 1.165) is 38.6 Å². The average Bonchev–Trinajstić information content (AvgIpc) is 2.86. The number of aliphatic hydroxyl groups is 1. The minimum atomic E-state index is -3.15. The molecule has 0 aromatic rings. The van der Waals surface area contributed by atoms with Gasteiger partial charge >= 0.3 is 0 Å². The first-order chi connectivity index (χ1) is 8.66. The third kappa shape index (κ3) is 3.04. The van der Waals surface area contributed by atoms with E-state index in [-0.39, 0.29) is 17.9 Å². The van der Waals surface area contributed by atoms with Crippen LogP contribution in [0.25, 0.3) is 0 Å². The smallest absolute Gasteiger partial charge is 0.218 e. The molecule has 0 aliphatic carbocycles. The molecule has 18 heavy (non-hydrogen) atoms. The molecule has 2 atom stereocenters. The van der Waals surface area contributed by atoms with E-state index in [2.05, 4.69) is 5.32 Å². The Balaban J connectivity index is 2.03. The number of nitrogens with one attached hydrogen (secondary N) is 1. The molecule has 0 spiro atoms. The molecule has 106 valence electrons. The summed E-state index contributed by atoms with van der Waals surface area (Å²) in [5.74, 6) is 0. The van der Waals surface area contributed by atoms with Crippen molar-refractivity contribution < 1.29 is 13.5 Å². The predicted molar refractivity (Wildman–Crippen MR) is 70.9 cm³/mol. The van der Waals surface area contributed by atoms with Crippen molar-refractivity contribution >= 4 is 10.0 Å². The fourth-order valence-corrected chi connectivity index (χ4v) is 5.21. The van der Waals surface area contributed by atoms with Gasteiger partial charge in [-0.15, -0.1) is 0 Å². The van der Waals surface area contributed by atoms with Crippen LogP contribution in [0.1, 0.15) is 38.5 Å². The van der Waals surface area contributed by atoms with Gasteiger partial charge < -0.3 is 10.4 Å². The molecule has 2 fully saturated rings. The molecule has 5 nitrogen and oxygen atoms in total. The first kappa shape index (κ1) is 14.2. The van der Waals surface area contributed by atoms with E-state index in [0.29, 0.717) is 19.5 Å². The van der Waals surface area contributed by atoms with Crippen LogP contribution >= 0.6 is 0 Å². The first-order valence-corrected chi connectivity index (χ1v) is 8.49. The van der Waals surface area contributed by atoms with E-state index in [9.17, 15) is 8.42 Å². The van der Waals surface area contributed by atoms with Gasteiger partial charge in [-0.1, -0.05) is 0 Å². The topological polar surface area (TPSA) is 69.6 Å². The summed E-state index contributed by atoms with van der Waals surface area (Å²) in [5, 5.41) is 11.8. The number of piperidine rings is 1. The first-order valence-electron chi connectivity index (χ1n) is 6.98. The van der Waals surface area contributed by atoms with Crippen molar-refractivity contribution in [1.82, 2.24) is 9.62 Å². The molecule has 0 bridgehead atoms. The predicted octanol–water partition coefficient (Wildman–Crippen LogP) is 0.305. The Morgan fingerprint density at radius 3 is 2.78 bits per heavy atom. The lowest BCUT2D eigenvalue weighted by Crippen LogP contribution is -2.47. The van der Waals surface area contributed by atoms with Crippen LogP contribution in [-0.2, 0) is 10.0 Å². The maximum atomic E-state index is 12.6. The van der Waals surface area contributed by atoms with Crippen molar-refractivity contribution in [2.75, 3.05) is 26.2 Å². The quantitative estimate of drug-likeness (QED) is 0.758. The van der Waals surface area contributed by atoms with Crippen LogP contribution in [0.2, 0.25) is 0 Å². The lowest BCUT2D eigenvalue weighted by atomic mass is 10.1. The number of hydrogen-bond donors (Lipinski definition) is 2. The maximum absolute atomic E-state index is 12.6. The van der Waals surface area contributed by atoms with Crippen molar-refractivity contribution in [3.8, 4) is 0 Å². The van der Waals surface area contributed by atoms with Gasteiger partial charge in [0.05, 0.1) is 5.25 Å². The number of nitrogens with zero attached hydrogens (tertiary/aromatic N) is 1. The van der Waals surface area contributed by atoms with Gasteiger partial charge in [0.25, 0.3) is 0 Å². The van der Waals surface area contributed by atoms with Crippen LogP contribution in [0, 0.1) is 0 Å². The molecule has 2 aliphatic rings. The molecule has 2 heterocycles. The van der Waals surface area contributed by atoms with Crippen LogP contribution in [0.3, 0.4) is 0 Å². The Bertz CT molecular complexity index is 352. The van der Waals surface area contributed by atoms with Crippen molar-refractivity contribution in [3.05, 3.63) is 0 Å². The molecular weight excluding hydrogens is 252 g/mol. The Labute approximate surface area is 110 Å². The van der Waals surface area contributed by atoms with Gasteiger partial charge in [0, 0.05) is 25.7 Å². The summed E-state index contributed by atoms with van der Waals surface area (Å²) >= 11 is 0. The highest BCUT2D eigenvalue weighted by molar-refractivity contribution is 7.89. The second-order valence-electron chi connectivity index (χ2n) is 5.29. The summed E-state index contributed by atoms with van der Waals surface area (Å²) in [4.78, 5) is 0. The second kappa shape index (κ2) is 6.32. The van der Waals surface area contributed by atoms with Crippen molar-refractivity contribution in [3.63, 3.8) is 0 Å². The van der Waals surface area contributed by atoms with Crippen molar-refractivity contribution in [2.24, 2.45) is 0 Å². The molecule has 6 heteroatoms. The SMILES string of the molecule is O=S(=O)(C1CCCNC1)N1CCCC1CCCO. The summed E-state index contributed by atoms with van der Waals surface area (Å²) in [6.45, 7) is 2.33. The van der Waals surface area contributed by atoms with E-state index in [1.165, 1.54) is 0 Å². The van der Waals surface area contributed by atoms with Gasteiger partial charge in [0.2, 0.25) is 10.0 Å². The van der Waals surface area contributed by atoms with Gasteiger partial charge in [-0.2, -0.15) is 4.31 Å². The molecule has 0 amide bonds. The summed E-state index contributed by atoms with van der Waals surface area (Å²) in [6.07, 6.45) is 5.10.